The van der Waals surface area contributed by atoms with Crippen LogP contribution in [-0.2, 0) is 15.0 Å². The first-order chi connectivity index (χ1) is 20.3. The summed E-state index contributed by atoms with van der Waals surface area (Å²) >= 11 is 0. The Morgan fingerprint density at radius 3 is 2.30 bits per heavy atom. The average Bonchev–Trinajstić information content (AvgIpc) is 3.37. The van der Waals surface area contributed by atoms with Gasteiger partial charge in [0.25, 0.3) is 0 Å². The van der Waals surface area contributed by atoms with Gasteiger partial charge in [-0.05, 0) is 37.1 Å². The maximum Gasteiger partial charge on any atom is 0.335 e. The summed E-state index contributed by atoms with van der Waals surface area (Å²) in [7, 11) is 2.19. The average molecular weight is 606 g/mol. The minimum absolute atomic E-state index is 0.171. The molecular formula is C31H47N3O9. The molecular weight excluding hydrogens is 558 g/mol. The lowest BCUT2D eigenvalue weighted by Crippen LogP contribution is -2.84. The van der Waals surface area contributed by atoms with Crippen LogP contribution in [0.4, 0.5) is 5.69 Å². The van der Waals surface area contributed by atoms with Crippen molar-refractivity contribution in [3.63, 3.8) is 0 Å². The Hall–Kier alpha value is -2.32. The van der Waals surface area contributed by atoms with Gasteiger partial charge in [0, 0.05) is 44.0 Å². The number of likely N-dealkylation sites (N-methyl/N-ethyl adjacent to an activating group) is 2. The monoisotopic (exact) mass is 605 g/mol. The van der Waals surface area contributed by atoms with Crippen molar-refractivity contribution in [1.82, 2.24) is 4.90 Å². The van der Waals surface area contributed by atoms with E-state index in [0.29, 0.717) is 23.5 Å². The Balaban J connectivity index is 0.000000319. The second-order valence-corrected chi connectivity index (χ2v) is 13.2. The van der Waals surface area contributed by atoms with Crippen LogP contribution in [-0.4, -0.2) is 134 Å². The molecule has 1 saturated carbocycles. The van der Waals surface area contributed by atoms with E-state index < -0.39 is 36.5 Å². The quantitative estimate of drug-likeness (QED) is 0.167. The number of aliphatic carboxylic acids is 2. The van der Waals surface area contributed by atoms with Crippen LogP contribution in [0.2, 0.25) is 0 Å². The van der Waals surface area contributed by atoms with Gasteiger partial charge in [-0.1, -0.05) is 39.0 Å². The number of fused-ring (bicyclic) bond motifs is 2. The number of aliphatic hydroxyl groups is 5. The van der Waals surface area contributed by atoms with Gasteiger partial charge in [0.2, 0.25) is 0 Å². The molecule has 13 unspecified atom stereocenters. The first kappa shape index (κ1) is 32.1. The molecule has 0 aromatic heterocycles. The number of aliphatic hydroxyl groups excluding tert-OH is 5. The van der Waals surface area contributed by atoms with Crippen LogP contribution in [0, 0.1) is 17.8 Å². The molecule has 240 valence electrons. The predicted octanol–water partition coefficient (Wildman–Crippen LogP) is -1.69. The zero-order valence-corrected chi connectivity index (χ0v) is 25.4. The van der Waals surface area contributed by atoms with Crippen LogP contribution in [0.25, 0.3) is 0 Å². The van der Waals surface area contributed by atoms with Crippen molar-refractivity contribution in [3.8, 4) is 0 Å². The lowest BCUT2D eigenvalue weighted by molar-refractivity contribution is -1.04. The van der Waals surface area contributed by atoms with Crippen molar-refractivity contribution in [2.75, 3.05) is 38.1 Å². The van der Waals surface area contributed by atoms with E-state index >= 15 is 0 Å². The number of carbonyl (C=O) groups is 2. The number of anilines is 1. The smallest absolute Gasteiger partial charge is 0.335 e. The lowest BCUT2D eigenvalue weighted by Gasteiger charge is -2.68. The van der Waals surface area contributed by atoms with Gasteiger partial charge in [-0.15, -0.1) is 0 Å². The van der Waals surface area contributed by atoms with E-state index in [-0.39, 0.29) is 41.5 Å². The fraction of sp³-hybridized carbons (Fsp3) is 0.742. The van der Waals surface area contributed by atoms with Crippen LogP contribution >= 0.6 is 0 Å². The van der Waals surface area contributed by atoms with E-state index in [1.165, 1.54) is 11.3 Å². The molecule has 1 spiro atoms. The van der Waals surface area contributed by atoms with E-state index in [4.69, 9.17) is 15.3 Å². The predicted molar refractivity (Wildman–Crippen MR) is 153 cm³/mol. The van der Waals surface area contributed by atoms with Gasteiger partial charge >= 0.3 is 5.97 Å². The number of nitrogens with zero attached hydrogens (tertiary/aromatic N) is 3. The largest absolute Gasteiger partial charge is 0.547 e. The maximum absolute atomic E-state index is 12.1. The summed E-state index contributed by atoms with van der Waals surface area (Å²) in [6, 6.07) is 9.31. The highest BCUT2D eigenvalue weighted by Gasteiger charge is 2.83. The number of carboxylic acids is 2. The number of rotatable bonds is 10. The molecule has 6 N–H and O–H groups in total. The summed E-state index contributed by atoms with van der Waals surface area (Å²) in [6.45, 7) is 9.58. The van der Waals surface area contributed by atoms with E-state index in [1.807, 2.05) is 0 Å². The van der Waals surface area contributed by atoms with Crippen molar-refractivity contribution < 1.29 is 49.8 Å². The number of carbonyl (C=O) groups excluding carboxylic acids is 1. The first-order valence-corrected chi connectivity index (χ1v) is 15.6. The van der Waals surface area contributed by atoms with Crippen LogP contribution in [0.1, 0.15) is 45.6 Å². The molecule has 5 fully saturated rings. The Kier molecular flexibility index (Phi) is 8.62. The summed E-state index contributed by atoms with van der Waals surface area (Å²) in [5.41, 5.74) is 2.32. The summed E-state index contributed by atoms with van der Waals surface area (Å²) < 4.78 is 0.601. The fourth-order valence-corrected chi connectivity index (χ4v) is 10.2. The zero-order chi connectivity index (χ0) is 31.6. The second-order valence-electron chi connectivity index (χ2n) is 13.2. The van der Waals surface area contributed by atoms with Crippen molar-refractivity contribution in [1.29, 1.82) is 0 Å². The van der Waals surface area contributed by atoms with Gasteiger partial charge in [-0.25, -0.2) is 4.79 Å². The molecule has 7 rings (SSSR count). The van der Waals surface area contributed by atoms with Crippen LogP contribution in [0.15, 0.2) is 24.3 Å². The molecule has 1 aromatic rings. The highest BCUT2D eigenvalue weighted by molar-refractivity contribution is 5.82. The number of piperidine rings is 4. The van der Waals surface area contributed by atoms with Gasteiger partial charge in [0.1, 0.15) is 24.8 Å². The van der Waals surface area contributed by atoms with Gasteiger partial charge in [-0.2, -0.15) is 0 Å². The molecule has 0 radical (unpaired) electrons. The third-order valence-corrected chi connectivity index (χ3v) is 11.8. The molecule has 5 aliphatic heterocycles. The number of quaternary nitrogens is 1. The second kappa shape index (κ2) is 11.6. The summed E-state index contributed by atoms with van der Waals surface area (Å²) in [4.78, 5) is 24.1. The van der Waals surface area contributed by atoms with E-state index in [9.17, 15) is 30.0 Å². The number of carboxylic acid groups (broad SMARTS) is 2. The molecule has 4 saturated heterocycles. The highest BCUT2D eigenvalue weighted by Crippen LogP contribution is 2.71. The molecule has 0 amide bonds. The van der Waals surface area contributed by atoms with Crippen LogP contribution < -0.4 is 10.0 Å². The number of benzene rings is 1. The maximum atomic E-state index is 12.1. The normalized spacial score (nSPS) is 40.0. The van der Waals surface area contributed by atoms with Gasteiger partial charge in [-0.3, -0.25) is 4.48 Å². The summed E-state index contributed by atoms with van der Waals surface area (Å²) in [5.74, 6) is -3.04. The topological polar surface area (TPSA) is 185 Å². The molecule has 1 aromatic carbocycles. The molecule has 13 atom stereocenters. The Labute approximate surface area is 252 Å². The molecule has 5 bridgehead atoms. The standard InChI is InChI=1S/C27H42N3O3.C4H6O6/c1-5-17-18-12-21-24-27(19-10-8-9-11-20(19)28(24)4)13-22(23(18)25(27)32)30(21,26(17)33)15-16(31)14-29(6-2)7-3;5-1(3(7)8)2(6)4(9)10/h8-11,16-18,21-26,31-33H,5-7,12-15H2,1-4H3;1-2,5-6H,(H,7,8)(H,9,10)/q+1;/p-1. The minimum Gasteiger partial charge on any atom is -0.547 e. The SMILES string of the molecule is CCC1C2CC3C4N(C)c5ccccc5C45CC(C2C5O)[N+]3(CC(O)CN(CC)CC)C1O.O=C([O-])C(O)C(O)C(=O)O. The van der Waals surface area contributed by atoms with Crippen molar-refractivity contribution in [2.45, 2.75) is 94.2 Å². The zero-order valence-electron chi connectivity index (χ0n) is 25.4. The fourth-order valence-electron chi connectivity index (χ4n) is 10.2. The summed E-state index contributed by atoms with van der Waals surface area (Å²) in [6.07, 6.45) is -3.11. The third-order valence-electron chi connectivity index (χ3n) is 11.8. The van der Waals surface area contributed by atoms with E-state index in [2.05, 4.69) is 61.9 Å². The van der Waals surface area contributed by atoms with Gasteiger partial charge < -0.3 is 50.3 Å². The van der Waals surface area contributed by atoms with Crippen molar-refractivity contribution >= 4 is 17.6 Å². The highest BCUT2D eigenvalue weighted by atomic mass is 16.4. The van der Waals surface area contributed by atoms with Gasteiger partial charge in [0.05, 0.1) is 29.6 Å². The third kappa shape index (κ3) is 4.44. The molecule has 6 aliphatic rings. The molecule has 43 heavy (non-hydrogen) atoms. The summed E-state index contributed by atoms with van der Waals surface area (Å²) in [5, 5.41) is 69.6. The molecule has 12 nitrogen and oxygen atoms in total. The van der Waals surface area contributed by atoms with Crippen LogP contribution in [0.5, 0.6) is 0 Å². The Morgan fingerprint density at radius 1 is 1.09 bits per heavy atom. The minimum atomic E-state index is -2.38. The Morgan fingerprint density at radius 2 is 1.74 bits per heavy atom. The van der Waals surface area contributed by atoms with E-state index in [0.717, 1.165) is 32.4 Å². The van der Waals surface area contributed by atoms with Crippen molar-refractivity contribution in [2.24, 2.45) is 17.8 Å². The molecule has 5 heterocycles. The lowest BCUT2D eigenvalue weighted by atomic mass is 9.60. The van der Waals surface area contributed by atoms with Gasteiger partial charge in [0.15, 0.2) is 12.3 Å². The number of hydrogen-bond acceptors (Lipinski definition) is 10. The molecule has 12 heteroatoms. The molecule has 1 aliphatic carbocycles. The van der Waals surface area contributed by atoms with Crippen LogP contribution in [0.3, 0.4) is 0 Å². The first-order valence-electron chi connectivity index (χ1n) is 15.6. The number of para-hydroxylation sites is 1. The Bertz CT molecular complexity index is 1200. The number of hydrogen-bond donors (Lipinski definition) is 6. The van der Waals surface area contributed by atoms with Crippen molar-refractivity contribution in [3.05, 3.63) is 29.8 Å². The van der Waals surface area contributed by atoms with E-state index in [1.54, 1.807) is 0 Å².